The molecule has 0 aromatic heterocycles. The fourth-order valence-corrected chi connectivity index (χ4v) is 3.28. The van der Waals surface area contributed by atoms with Crippen molar-refractivity contribution < 1.29 is 19.0 Å². The van der Waals surface area contributed by atoms with Crippen molar-refractivity contribution in [3.8, 4) is 17.2 Å². The van der Waals surface area contributed by atoms with Crippen LogP contribution in [0.5, 0.6) is 17.2 Å². The van der Waals surface area contributed by atoms with Gasteiger partial charge in [0.2, 0.25) is 0 Å². The Morgan fingerprint density at radius 1 is 0.931 bits per heavy atom. The van der Waals surface area contributed by atoms with Crippen LogP contribution in [0.2, 0.25) is 0 Å². The lowest BCUT2D eigenvalue weighted by Gasteiger charge is -2.30. The first-order valence-corrected chi connectivity index (χ1v) is 9.88. The van der Waals surface area contributed by atoms with Crippen molar-refractivity contribution in [3.05, 3.63) is 48.0 Å². The van der Waals surface area contributed by atoms with Gasteiger partial charge >= 0.3 is 0 Å². The first kappa shape index (κ1) is 22.6. The molecule has 0 radical (unpaired) electrons. The Bertz CT molecular complexity index is 758. The van der Waals surface area contributed by atoms with Gasteiger partial charge in [-0.25, -0.2) is 0 Å². The number of ether oxygens (including phenoxy) is 3. The number of anilines is 1. The molecule has 0 saturated carbocycles. The zero-order valence-corrected chi connectivity index (χ0v) is 18.2. The summed E-state index contributed by atoms with van der Waals surface area (Å²) in [6, 6.07) is 13.5. The van der Waals surface area contributed by atoms with E-state index in [1.165, 1.54) is 14.2 Å². The number of benzene rings is 2. The number of carbonyl (C=O) groups is 1. The zero-order chi connectivity index (χ0) is 21.4. The fourth-order valence-electron chi connectivity index (χ4n) is 3.28. The molecule has 1 amide bonds. The second-order valence-corrected chi connectivity index (χ2v) is 7.29. The van der Waals surface area contributed by atoms with E-state index in [1.54, 1.807) is 18.2 Å². The maximum atomic E-state index is 12.7. The quantitative estimate of drug-likeness (QED) is 0.638. The monoisotopic (exact) mass is 400 g/mol. The van der Waals surface area contributed by atoms with Gasteiger partial charge in [0.05, 0.1) is 14.2 Å². The highest BCUT2D eigenvalue weighted by Crippen LogP contribution is 2.29. The summed E-state index contributed by atoms with van der Waals surface area (Å²) in [4.78, 5) is 15.1. The van der Waals surface area contributed by atoms with E-state index in [0.717, 1.165) is 12.3 Å². The van der Waals surface area contributed by atoms with E-state index < -0.39 is 0 Å². The van der Waals surface area contributed by atoms with Gasteiger partial charge in [-0.05, 0) is 64.1 Å². The third kappa shape index (κ3) is 6.12. The maximum Gasteiger partial charge on any atom is 0.263 e. The molecule has 2 rings (SSSR count). The minimum atomic E-state index is -0.294. The summed E-state index contributed by atoms with van der Waals surface area (Å²) in [7, 11) is 3.05. The normalized spacial score (nSPS) is 11.1. The van der Waals surface area contributed by atoms with Gasteiger partial charge in [-0.15, -0.1) is 0 Å². The maximum absolute atomic E-state index is 12.7. The molecule has 0 aliphatic rings. The van der Waals surface area contributed by atoms with Crippen LogP contribution in [-0.2, 0) is 0 Å². The van der Waals surface area contributed by atoms with Gasteiger partial charge < -0.3 is 19.5 Å². The fraction of sp³-hybridized carbons (Fsp3) is 0.435. The smallest absolute Gasteiger partial charge is 0.263 e. The number of hydrogen-bond donors (Lipinski definition) is 1. The first-order valence-electron chi connectivity index (χ1n) is 9.88. The SMILES string of the molecule is COc1cccc(OC)c1C(=O)Nc1ccc(OCCN(C(C)C)C(C)C)cc1. The molecule has 29 heavy (non-hydrogen) atoms. The van der Waals surface area contributed by atoms with Crippen LogP contribution >= 0.6 is 0 Å². The highest BCUT2D eigenvalue weighted by atomic mass is 16.5. The second kappa shape index (κ2) is 10.7. The molecule has 6 nitrogen and oxygen atoms in total. The van der Waals surface area contributed by atoms with Crippen LogP contribution in [0.1, 0.15) is 38.1 Å². The minimum absolute atomic E-state index is 0.294. The standard InChI is InChI=1S/C23H32N2O4/c1-16(2)25(17(3)4)14-15-29-19-12-10-18(11-13-19)24-23(26)22-20(27-5)8-7-9-21(22)28-6/h7-13,16-17H,14-15H2,1-6H3,(H,24,26). The third-order valence-electron chi connectivity index (χ3n) is 4.71. The number of rotatable bonds is 10. The van der Waals surface area contributed by atoms with E-state index >= 15 is 0 Å². The Balaban J connectivity index is 1.98. The van der Waals surface area contributed by atoms with E-state index in [1.807, 2.05) is 24.3 Å². The van der Waals surface area contributed by atoms with Gasteiger partial charge in [-0.3, -0.25) is 9.69 Å². The van der Waals surface area contributed by atoms with E-state index in [9.17, 15) is 4.79 Å². The number of nitrogens with one attached hydrogen (secondary N) is 1. The van der Waals surface area contributed by atoms with Crippen molar-refractivity contribution in [2.45, 2.75) is 39.8 Å². The second-order valence-electron chi connectivity index (χ2n) is 7.29. The summed E-state index contributed by atoms with van der Waals surface area (Å²) in [6.07, 6.45) is 0. The van der Waals surface area contributed by atoms with Gasteiger partial charge in [-0.1, -0.05) is 6.07 Å². The predicted molar refractivity (Wildman–Crippen MR) is 116 cm³/mol. The first-order chi connectivity index (χ1) is 13.9. The molecule has 0 aliphatic heterocycles. The van der Waals surface area contributed by atoms with Crippen LogP contribution in [0.3, 0.4) is 0 Å². The average Bonchev–Trinajstić information content (AvgIpc) is 2.70. The Morgan fingerprint density at radius 3 is 1.97 bits per heavy atom. The number of methoxy groups -OCH3 is 2. The van der Waals surface area contributed by atoms with Gasteiger partial charge in [-0.2, -0.15) is 0 Å². The van der Waals surface area contributed by atoms with Crippen molar-refractivity contribution in [1.29, 1.82) is 0 Å². The predicted octanol–water partition coefficient (Wildman–Crippen LogP) is 4.45. The molecule has 0 heterocycles. The lowest BCUT2D eigenvalue weighted by atomic mass is 10.1. The molecule has 0 fully saturated rings. The summed E-state index contributed by atoms with van der Waals surface area (Å²) in [5, 5.41) is 2.88. The molecule has 0 saturated heterocycles. The lowest BCUT2D eigenvalue weighted by Crippen LogP contribution is -2.39. The Labute approximate surface area is 173 Å². The van der Waals surface area contributed by atoms with Crippen molar-refractivity contribution in [2.75, 3.05) is 32.7 Å². The Morgan fingerprint density at radius 2 is 1.48 bits per heavy atom. The number of hydrogen-bond acceptors (Lipinski definition) is 5. The Kier molecular flexibility index (Phi) is 8.34. The number of amides is 1. The molecule has 2 aromatic rings. The molecule has 2 aromatic carbocycles. The van der Waals surface area contributed by atoms with Crippen molar-refractivity contribution in [1.82, 2.24) is 4.90 Å². The van der Waals surface area contributed by atoms with Gasteiger partial charge in [0.25, 0.3) is 5.91 Å². The average molecular weight is 401 g/mol. The summed E-state index contributed by atoms with van der Waals surface area (Å²) in [5.74, 6) is 1.39. The van der Waals surface area contributed by atoms with Crippen molar-refractivity contribution in [3.63, 3.8) is 0 Å². The number of nitrogens with zero attached hydrogens (tertiary/aromatic N) is 1. The molecular formula is C23H32N2O4. The molecule has 0 aliphatic carbocycles. The van der Waals surface area contributed by atoms with Crippen LogP contribution in [0.15, 0.2) is 42.5 Å². The van der Waals surface area contributed by atoms with Crippen LogP contribution in [0, 0.1) is 0 Å². The van der Waals surface area contributed by atoms with Crippen molar-refractivity contribution >= 4 is 11.6 Å². The molecule has 0 bridgehead atoms. The summed E-state index contributed by atoms with van der Waals surface area (Å²) in [5.41, 5.74) is 1.03. The lowest BCUT2D eigenvalue weighted by molar-refractivity contribution is 0.102. The van der Waals surface area contributed by atoms with Crippen LogP contribution < -0.4 is 19.5 Å². The minimum Gasteiger partial charge on any atom is -0.496 e. The third-order valence-corrected chi connectivity index (χ3v) is 4.71. The van der Waals surface area contributed by atoms with Crippen LogP contribution in [-0.4, -0.2) is 50.3 Å². The van der Waals surface area contributed by atoms with E-state index in [-0.39, 0.29) is 5.91 Å². The van der Waals surface area contributed by atoms with E-state index in [0.29, 0.717) is 41.4 Å². The summed E-state index contributed by atoms with van der Waals surface area (Å²) < 4.78 is 16.5. The largest absolute Gasteiger partial charge is 0.496 e. The van der Waals surface area contributed by atoms with E-state index in [4.69, 9.17) is 14.2 Å². The zero-order valence-electron chi connectivity index (χ0n) is 18.2. The highest BCUT2D eigenvalue weighted by molar-refractivity contribution is 6.08. The van der Waals surface area contributed by atoms with Crippen LogP contribution in [0.25, 0.3) is 0 Å². The Hall–Kier alpha value is -2.73. The van der Waals surface area contributed by atoms with Gasteiger partial charge in [0.1, 0.15) is 29.4 Å². The molecule has 158 valence electrons. The molecule has 0 unspecified atom stereocenters. The molecule has 0 spiro atoms. The molecular weight excluding hydrogens is 368 g/mol. The molecule has 0 atom stereocenters. The van der Waals surface area contributed by atoms with Gasteiger partial charge in [0.15, 0.2) is 0 Å². The topological polar surface area (TPSA) is 60.0 Å². The van der Waals surface area contributed by atoms with Gasteiger partial charge in [0, 0.05) is 24.3 Å². The molecule has 6 heteroatoms. The summed E-state index contributed by atoms with van der Waals surface area (Å²) in [6.45, 7) is 10.2. The highest BCUT2D eigenvalue weighted by Gasteiger charge is 2.18. The summed E-state index contributed by atoms with van der Waals surface area (Å²) >= 11 is 0. The van der Waals surface area contributed by atoms with Crippen molar-refractivity contribution in [2.24, 2.45) is 0 Å². The van der Waals surface area contributed by atoms with E-state index in [2.05, 4.69) is 37.9 Å². The van der Waals surface area contributed by atoms with Crippen LogP contribution in [0.4, 0.5) is 5.69 Å². The number of carbonyl (C=O) groups excluding carboxylic acids is 1. The molecule has 1 N–H and O–H groups in total.